The average Bonchev–Trinajstić information content (AvgIpc) is 3.26. The number of aryl methyl sites for hydroxylation is 1. The Morgan fingerprint density at radius 3 is 2.17 bits per heavy atom. The van der Waals surface area contributed by atoms with Crippen LogP contribution in [-0.4, -0.2) is 33.3 Å². The van der Waals surface area contributed by atoms with E-state index >= 15 is 0 Å². The number of carbonyl (C=O) groups is 2. The lowest BCUT2D eigenvalue weighted by Crippen LogP contribution is -2.44. The van der Waals surface area contributed by atoms with Crippen LogP contribution in [0.2, 0.25) is 0 Å². The second-order valence-electron chi connectivity index (χ2n) is 12.4. The topological polar surface area (TPSA) is 82.5 Å². The summed E-state index contributed by atoms with van der Waals surface area (Å²) in [6.07, 6.45) is 0.0982. The molecule has 0 aliphatic heterocycles. The van der Waals surface area contributed by atoms with E-state index < -0.39 is 23.7 Å². The quantitative estimate of drug-likeness (QED) is 0.226. The van der Waals surface area contributed by atoms with Crippen LogP contribution in [0.25, 0.3) is 11.0 Å². The number of aromatic nitrogens is 2. The Balaban J connectivity index is 1.55. The first kappa shape index (κ1) is 29.8. The number of alkyl carbamates (subject to hydrolysis) is 1. The van der Waals surface area contributed by atoms with Crippen molar-refractivity contribution >= 4 is 23.1 Å². The third-order valence-electron chi connectivity index (χ3n) is 6.75. The van der Waals surface area contributed by atoms with Crippen LogP contribution in [0.5, 0.6) is 0 Å². The van der Waals surface area contributed by atoms with Gasteiger partial charge >= 0.3 is 12.1 Å². The zero-order valence-corrected chi connectivity index (χ0v) is 24.9. The van der Waals surface area contributed by atoms with Crippen molar-refractivity contribution in [3.8, 4) is 0 Å². The molecule has 4 rings (SSSR count). The van der Waals surface area contributed by atoms with E-state index in [4.69, 9.17) is 14.5 Å². The Labute approximate surface area is 242 Å². The van der Waals surface area contributed by atoms with E-state index in [1.807, 2.05) is 48.5 Å². The fraction of sp³-hybridized carbons (Fsp3) is 0.382. The van der Waals surface area contributed by atoms with E-state index in [-0.39, 0.29) is 12.0 Å². The third kappa shape index (κ3) is 8.43. The predicted molar refractivity (Wildman–Crippen MR) is 162 cm³/mol. The number of amides is 1. The molecule has 1 amide bonds. The van der Waals surface area contributed by atoms with E-state index in [1.54, 1.807) is 20.8 Å². The molecule has 1 heterocycles. The summed E-state index contributed by atoms with van der Waals surface area (Å²) >= 11 is 0. The van der Waals surface area contributed by atoms with Crippen molar-refractivity contribution in [2.24, 2.45) is 0 Å². The molecule has 1 N–H and O–H groups in total. The lowest BCUT2D eigenvalue weighted by molar-refractivity contribution is -0.147. The Morgan fingerprint density at radius 2 is 1.51 bits per heavy atom. The van der Waals surface area contributed by atoms with Gasteiger partial charge in [-0.05, 0) is 61.4 Å². The second-order valence-corrected chi connectivity index (χ2v) is 12.4. The number of para-hydroxylation sites is 2. The maximum atomic E-state index is 13.2. The summed E-state index contributed by atoms with van der Waals surface area (Å²) in [6, 6.07) is 25.3. The molecule has 0 fully saturated rings. The highest BCUT2D eigenvalue weighted by molar-refractivity contribution is 5.81. The van der Waals surface area contributed by atoms with Crippen LogP contribution >= 0.6 is 0 Å². The summed E-state index contributed by atoms with van der Waals surface area (Å²) in [6.45, 7) is 12.7. The average molecular weight is 556 g/mol. The minimum absolute atomic E-state index is 0.0800. The molecule has 0 saturated carbocycles. The van der Waals surface area contributed by atoms with Gasteiger partial charge in [0.2, 0.25) is 0 Å². The highest BCUT2D eigenvalue weighted by Gasteiger charge is 2.26. The number of ether oxygens (including phenoxy) is 2. The molecule has 1 aromatic heterocycles. The maximum absolute atomic E-state index is 13.2. The minimum Gasteiger partial charge on any atom is -0.459 e. The van der Waals surface area contributed by atoms with E-state index in [2.05, 4.69) is 61.0 Å². The molecule has 0 spiro atoms. The number of imidazole rings is 1. The Hall–Kier alpha value is -4.13. The standard InChI is InChI=1S/C34H41N3O4/c1-33(2,3)26-18-16-24(17-19-26)22-37-29-15-11-10-14-27(29)35-30(37)21-20-28(36-32(39)41-34(4,5)6)31(38)40-23-25-12-8-7-9-13-25/h7-19,28H,20-23H2,1-6H3,(H,36,39). The molecule has 1 unspecified atom stereocenters. The fourth-order valence-electron chi connectivity index (χ4n) is 4.59. The van der Waals surface area contributed by atoms with Gasteiger partial charge < -0.3 is 19.4 Å². The normalized spacial score (nSPS) is 12.6. The van der Waals surface area contributed by atoms with E-state index in [1.165, 1.54) is 5.56 Å². The summed E-state index contributed by atoms with van der Waals surface area (Å²) in [5.74, 6) is 0.318. The summed E-state index contributed by atoms with van der Waals surface area (Å²) in [4.78, 5) is 30.7. The van der Waals surface area contributed by atoms with Crippen molar-refractivity contribution in [1.29, 1.82) is 0 Å². The van der Waals surface area contributed by atoms with Crippen molar-refractivity contribution in [3.63, 3.8) is 0 Å². The van der Waals surface area contributed by atoms with Crippen molar-refractivity contribution in [2.75, 3.05) is 0 Å². The number of nitrogens with one attached hydrogen (secondary N) is 1. The molecule has 0 bridgehead atoms. The van der Waals surface area contributed by atoms with Gasteiger partial charge in [0.15, 0.2) is 0 Å². The van der Waals surface area contributed by atoms with Crippen LogP contribution in [0.3, 0.4) is 0 Å². The Kier molecular flexibility index (Phi) is 9.16. The second kappa shape index (κ2) is 12.6. The third-order valence-corrected chi connectivity index (χ3v) is 6.75. The van der Waals surface area contributed by atoms with Gasteiger partial charge in [-0.1, -0.05) is 87.5 Å². The number of nitrogens with zero attached hydrogens (tertiary/aromatic N) is 2. The van der Waals surface area contributed by atoms with Gasteiger partial charge in [0.25, 0.3) is 0 Å². The van der Waals surface area contributed by atoms with Crippen molar-refractivity contribution < 1.29 is 19.1 Å². The molecule has 7 nitrogen and oxygen atoms in total. The molecule has 1 atom stereocenters. The van der Waals surface area contributed by atoms with E-state index in [0.29, 0.717) is 19.4 Å². The molecule has 0 aliphatic rings. The molecule has 41 heavy (non-hydrogen) atoms. The number of benzene rings is 3. The maximum Gasteiger partial charge on any atom is 0.408 e. The monoisotopic (exact) mass is 555 g/mol. The van der Waals surface area contributed by atoms with Gasteiger partial charge in [0.05, 0.1) is 11.0 Å². The zero-order chi connectivity index (χ0) is 29.6. The van der Waals surface area contributed by atoms with Crippen LogP contribution in [-0.2, 0) is 39.3 Å². The number of hydrogen-bond donors (Lipinski definition) is 1. The van der Waals surface area contributed by atoms with Crippen molar-refractivity contribution in [3.05, 3.63) is 101 Å². The van der Waals surface area contributed by atoms with Gasteiger partial charge in [-0.3, -0.25) is 0 Å². The fourth-order valence-corrected chi connectivity index (χ4v) is 4.59. The van der Waals surface area contributed by atoms with Gasteiger partial charge in [-0.2, -0.15) is 0 Å². The number of rotatable bonds is 9. The predicted octanol–water partition coefficient (Wildman–Crippen LogP) is 6.95. The van der Waals surface area contributed by atoms with Gasteiger partial charge in [-0.15, -0.1) is 0 Å². The molecule has 4 aromatic rings. The summed E-state index contributed by atoms with van der Waals surface area (Å²) in [7, 11) is 0. The van der Waals surface area contributed by atoms with E-state index in [0.717, 1.165) is 28.0 Å². The first-order valence-electron chi connectivity index (χ1n) is 14.1. The molecule has 216 valence electrons. The lowest BCUT2D eigenvalue weighted by atomic mass is 9.87. The smallest absolute Gasteiger partial charge is 0.408 e. The van der Waals surface area contributed by atoms with Crippen LogP contribution < -0.4 is 5.32 Å². The molecule has 3 aromatic carbocycles. The van der Waals surface area contributed by atoms with Crippen LogP contribution in [0.4, 0.5) is 4.79 Å². The molecular formula is C34H41N3O4. The van der Waals surface area contributed by atoms with Crippen LogP contribution in [0.15, 0.2) is 78.9 Å². The first-order valence-corrected chi connectivity index (χ1v) is 14.1. The van der Waals surface area contributed by atoms with Gasteiger partial charge in [0, 0.05) is 13.0 Å². The summed E-state index contributed by atoms with van der Waals surface area (Å²) in [5.41, 5.74) is 4.60. The van der Waals surface area contributed by atoms with Crippen molar-refractivity contribution in [2.45, 2.75) is 84.6 Å². The van der Waals surface area contributed by atoms with Gasteiger partial charge in [-0.25, -0.2) is 14.6 Å². The minimum atomic E-state index is -0.895. The molecule has 0 aliphatic carbocycles. The van der Waals surface area contributed by atoms with Crippen LogP contribution in [0.1, 0.15) is 70.5 Å². The Bertz CT molecular complexity index is 1460. The largest absolute Gasteiger partial charge is 0.459 e. The number of hydrogen-bond acceptors (Lipinski definition) is 5. The Morgan fingerprint density at radius 1 is 0.854 bits per heavy atom. The molecule has 7 heteroatoms. The first-order chi connectivity index (χ1) is 19.4. The highest BCUT2D eigenvalue weighted by Crippen LogP contribution is 2.24. The lowest BCUT2D eigenvalue weighted by Gasteiger charge is -2.23. The summed E-state index contributed by atoms with van der Waals surface area (Å²) < 4.78 is 13.2. The highest BCUT2D eigenvalue weighted by atomic mass is 16.6. The van der Waals surface area contributed by atoms with Crippen LogP contribution in [0, 0.1) is 0 Å². The zero-order valence-electron chi connectivity index (χ0n) is 24.9. The summed E-state index contributed by atoms with van der Waals surface area (Å²) in [5, 5.41) is 2.73. The molecule has 0 radical (unpaired) electrons. The number of esters is 1. The van der Waals surface area contributed by atoms with Gasteiger partial charge in [0.1, 0.15) is 24.1 Å². The van der Waals surface area contributed by atoms with E-state index in [9.17, 15) is 9.59 Å². The number of fused-ring (bicyclic) bond motifs is 1. The molecule has 0 saturated heterocycles. The number of carbonyl (C=O) groups excluding carboxylic acids is 2. The SMILES string of the molecule is CC(C)(C)OC(=O)NC(CCc1nc2ccccc2n1Cc1ccc(C(C)(C)C)cc1)C(=O)OCc1ccccc1. The van der Waals surface area contributed by atoms with Crippen molar-refractivity contribution in [1.82, 2.24) is 14.9 Å². The molecular weight excluding hydrogens is 514 g/mol.